The molecule has 0 aliphatic carbocycles. The average Bonchev–Trinajstić information content (AvgIpc) is 2.45. The van der Waals surface area contributed by atoms with Crippen molar-refractivity contribution in [3.05, 3.63) is 40.6 Å². The maximum absolute atomic E-state index is 11.9. The van der Waals surface area contributed by atoms with Crippen molar-refractivity contribution in [1.82, 2.24) is 0 Å². The molecule has 1 aromatic rings. The van der Waals surface area contributed by atoms with Crippen LogP contribution in [0.1, 0.15) is 35.3 Å². The van der Waals surface area contributed by atoms with Crippen molar-refractivity contribution >= 4 is 23.6 Å². The number of carbonyl (C=O) groups is 3. The summed E-state index contributed by atoms with van der Waals surface area (Å²) in [6, 6.07) is 4.54. The Balaban J connectivity index is 2.39. The summed E-state index contributed by atoms with van der Waals surface area (Å²) >= 11 is 0. The molecule has 2 N–H and O–H groups in total. The zero-order chi connectivity index (χ0) is 18.1. The number of aryl methyl sites for hydroxylation is 1. The molecule has 1 aromatic carbocycles. The van der Waals surface area contributed by atoms with Crippen LogP contribution in [0.5, 0.6) is 0 Å². The molecular formula is C16H14N2O6. The van der Waals surface area contributed by atoms with Gasteiger partial charge in [-0.05, 0) is 24.6 Å². The number of hydrogen-bond acceptors (Lipinski definition) is 7. The second kappa shape index (κ2) is 6.04. The molecule has 0 unspecified atom stereocenters. The van der Waals surface area contributed by atoms with Crippen molar-refractivity contribution < 1.29 is 29.0 Å². The van der Waals surface area contributed by atoms with E-state index in [0.717, 1.165) is 6.20 Å². The predicted molar refractivity (Wildman–Crippen MR) is 80.8 cm³/mol. The van der Waals surface area contributed by atoms with E-state index in [1.54, 1.807) is 6.92 Å². The van der Waals surface area contributed by atoms with E-state index in [1.807, 2.05) is 6.07 Å². The van der Waals surface area contributed by atoms with Crippen molar-refractivity contribution in [1.29, 1.82) is 5.26 Å². The molecule has 24 heavy (non-hydrogen) atoms. The van der Waals surface area contributed by atoms with E-state index in [0.29, 0.717) is 5.56 Å². The Bertz CT molecular complexity index is 795. The minimum atomic E-state index is -1.36. The fourth-order valence-corrected chi connectivity index (χ4v) is 2.13. The Labute approximate surface area is 137 Å². The van der Waals surface area contributed by atoms with Gasteiger partial charge in [0.05, 0.1) is 22.9 Å². The first-order valence-electron chi connectivity index (χ1n) is 6.86. The highest BCUT2D eigenvalue weighted by atomic mass is 16.7. The number of nitrogens with one attached hydrogen (secondary N) is 1. The molecule has 0 atom stereocenters. The summed E-state index contributed by atoms with van der Waals surface area (Å²) in [7, 11) is 0. The van der Waals surface area contributed by atoms with Crippen LogP contribution in [0.25, 0.3) is 0 Å². The molecule has 124 valence electrons. The molecule has 2 rings (SSSR count). The molecule has 1 saturated heterocycles. The molecule has 1 aliphatic rings. The largest absolute Gasteiger partial charge is 0.478 e. The summed E-state index contributed by atoms with van der Waals surface area (Å²) in [6.07, 6.45) is 1.03. The van der Waals surface area contributed by atoms with Gasteiger partial charge in [-0.3, -0.25) is 0 Å². The Morgan fingerprint density at radius 1 is 1.29 bits per heavy atom. The van der Waals surface area contributed by atoms with Crippen LogP contribution in [0.2, 0.25) is 0 Å². The van der Waals surface area contributed by atoms with Crippen molar-refractivity contribution in [2.75, 3.05) is 5.32 Å². The van der Waals surface area contributed by atoms with Gasteiger partial charge in [0.25, 0.3) is 5.79 Å². The number of rotatable bonds is 3. The number of carboxylic acids is 1. The molecule has 1 aliphatic heterocycles. The third kappa shape index (κ3) is 3.35. The Hall–Kier alpha value is -3.34. The third-order valence-corrected chi connectivity index (χ3v) is 3.17. The molecule has 0 radical (unpaired) electrons. The summed E-state index contributed by atoms with van der Waals surface area (Å²) in [5.41, 5.74) is 0.234. The van der Waals surface area contributed by atoms with Crippen LogP contribution in [-0.2, 0) is 19.1 Å². The number of esters is 2. The second-order valence-electron chi connectivity index (χ2n) is 5.51. The number of ether oxygens (including phenoxy) is 2. The zero-order valence-corrected chi connectivity index (χ0v) is 13.2. The standard InChI is InChI=1S/C16H14N2O6/c1-8-4-9(6-17)5-10(13(19)20)12(8)18-7-11-14(21)23-16(2,3)24-15(11)22/h4-5,7,18H,1-3H3,(H,19,20). The molecule has 0 bridgehead atoms. The van der Waals surface area contributed by atoms with Gasteiger partial charge in [-0.25, -0.2) is 14.4 Å². The van der Waals surface area contributed by atoms with E-state index < -0.39 is 29.3 Å². The maximum atomic E-state index is 11.9. The van der Waals surface area contributed by atoms with Gasteiger partial charge in [-0.1, -0.05) is 0 Å². The monoisotopic (exact) mass is 330 g/mol. The van der Waals surface area contributed by atoms with Gasteiger partial charge in [0.15, 0.2) is 5.57 Å². The quantitative estimate of drug-likeness (QED) is 0.487. The van der Waals surface area contributed by atoms with E-state index in [-0.39, 0.29) is 16.8 Å². The molecule has 0 aromatic heterocycles. The zero-order valence-electron chi connectivity index (χ0n) is 13.2. The van der Waals surface area contributed by atoms with Gasteiger partial charge in [0.1, 0.15) is 0 Å². The number of nitriles is 1. The highest BCUT2D eigenvalue weighted by molar-refractivity contribution is 6.15. The first-order chi connectivity index (χ1) is 11.1. The van der Waals surface area contributed by atoms with Crippen LogP contribution in [0.15, 0.2) is 23.9 Å². The fraction of sp³-hybridized carbons (Fsp3) is 0.250. The normalized spacial score (nSPS) is 15.8. The number of anilines is 1. The van der Waals surface area contributed by atoms with Gasteiger partial charge in [0, 0.05) is 20.0 Å². The minimum Gasteiger partial charge on any atom is -0.478 e. The number of nitrogens with zero attached hydrogens (tertiary/aromatic N) is 1. The first-order valence-corrected chi connectivity index (χ1v) is 6.86. The van der Waals surface area contributed by atoms with E-state index in [1.165, 1.54) is 26.0 Å². The topological polar surface area (TPSA) is 126 Å². The lowest BCUT2D eigenvalue weighted by Crippen LogP contribution is -2.42. The fourth-order valence-electron chi connectivity index (χ4n) is 2.13. The van der Waals surface area contributed by atoms with Gasteiger partial charge in [-0.15, -0.1) is 0 Å². The van der Waals surface area contributed by atoms with Gasteiger partial charge in [0.2, 0.25) is 0 Å². The summed E-state index contributed by atoms with van der Waals surface area (Å²) in [5.74, 6) is -4.38. The number of carboxylic acid groups (broad SMARTS) is 1. The molecule has 0 spiro atoms. The Morgan fingerprint density at radius 3 is 2.38 bits per heavy atom. The van der Waals surface area contributed by atoms with Crippen LogP contribution in [0.4, 0.5) is 5.69 Å². The smallest absolute Gasteiger partial charge is 0.350 e. The van der Waals surface area contributed by atoms with E-state index in [9.17, 15) is 19.5 Å². The summed E-state index contributed by atoms with van der Waals surface area (Å²) < 4.78 is 9.88. The molecule has 1 heterocycles. The summed E-state index contributed by atoms with van der Waals surface area (Å²) in [4.78, 5) is 35.1. The van der Waals surface area contributed by atoms with Crippen molar-refractivity contribution in [2.24, 2.45) is 0 Å². The van der Waals surface area contributed by atoms with Gasteiger partial charge >= 0.3 is 17.9 Å². The minimum absolute atomic E-state index is 0.152. The number of aromatic carboxylic acids is 1. The van der Waals surface area contributed by atoms with Crippen molar-refractivity contribution in [3.63, 3.8) is 0 Å². The van der Waals surface area contributed by atoms with E-state index in [2.05, 4.69) is 5.32 Å². The van der Waals surface area contributed by atoms with E-state index >= 15 is 0 Å². The molecule has 8 heteroatoms. The summed E-state index contributed by atoms with van der Waals surface area (Å²) in [6.45, 7) is 4.43. The van der Waals surface area contributed by atoms with Gasteiger partial charge < -0.3 is 19.9 Å². The third-order valence-electron chi connectivity index (χ3n) is 3.17. The second-order valence-corrected chi connectivity index (χ2v) is 5.51. The lowest BCUT2D eigenvalue weighted by atomic mass is 10.0. The number of hydrogen-bond donors (Lipinski definition) is 2. The van der Waals surface area contributed by atoms with Crippen LogP contribution in [0.3, 0.4) is 0 Å². The molecule has 0 saturated carbocycles. The predicted octanol–water partition coefficient (Wildman–Crippen LogP) is 1.70. The molecule has 1 fully saturated rings. The average molecular weight is 330 g/mol. The Kier molecular flexibility index (Phi) is 4.28. The van der Waals surface area contributed by atoms with Crippen molar-refractivity contribution in [2.45, 2.75) is 26.6 Å². The lowest BCUT2D eigenvalue weighted by Gasteiger charge is -2.29. The Morgan fingerprint density at radius 2 is 1.88 bits per heavy atom. The highest BCUT2D eigenvalue weighted by Crippen LogP contribution is 2.26. The first kappa shape index (κ1) is 17.0. The van der Waals surface area contributed by atoms with Crippen LogP contribution in [0, 0.1) is 18.3 Å². The van der Waals surface area contributed by atoms with Crippen LogP contribution in [-0.4, -0.2) is 28.8 Å². The summed E-state index contributed by atoms with van der Waals surface area (Å²) in [5, 5.41) is 20.8. The number of carbonyl (C=O) groups excluding carboxylic acids is 2. The van der Waals surface area contributed by atoms with Crippen LogP contribution < -0.4 is 5.32 Å². The van der Waals surface area contributed by atoms with Crippen LogP contribution >= 0.6 is 0 Å². The van der Waals surface area contributed by atoms with Gasteiger partial charge in [-0.2, -0.15) is 5.26 Å². The number of cyclic esters (lactones) is 2. The molecular weight excluding hydrogens is 316 g/mol. The molecule has 0 amide bonds. The highest BCUT2D eigenvalue weighted by Gasteiger charge is 2.39. The molecule has 8 nitrogen and oxygen atoms in total. The van der Waals surface area contributed by atoms with Crippen molar-refractivity contribution in [3.8, 4) is 6.07 Å². The maximum Gasteiger partial charge on any atom is 0.350 e. The van der Waals surface area contributed by atoms with E-state index in [4.69, 9.17) is 14.7 Å². The lowest BCUT2D eigenvalue weighted by molar-refractivity contribution is -0.222. The number of benzene rings is 1. The SMILES string of the molecule is Cc1cc(C#N)cc(C(=O)O)c1NC=C1C(=O)OC(C)(C)OC1=O.